The number of halogens is 1. The molecule has 0 saturated carbocycles. The number of aryl methyl sites for hydroxylation is 1. The molecule has 3 heterocycles. The van der Waals surface area contributed by atoms with E-state index in [0.29, 0.717) is 6.61 Å². The Hall–Kier alpha value is -1.82. The van der Waals surface area contributed by atoms with E-state index >= 15 is 0 Å². The number of benzene rings is 1. The van der Waals surface area contributed by atoms with Gasteiger partial charge in [0.1, 0.15) is 17.6 Å². The van der Waals surface area contributed by atoms with Crippen LogP contribution in [0.15, 0.2) is 46.2 Å². The van der Waals surface area contributed by atoms with Crippen LogP contribution in [0.2, 0.25) is 5.02 Å². The van der Waals surface area contributed by atoms with E-state index in [1.54, 1.807) is 11.3 Å². The van der Waals surface area contributed by atoms with Crippen LogP contribution in [-0.4, -0.2) is 24.7 Å². The molecule has 1 unspecified atom stereocenters. The Kier molecular flexibility index (Phi) is 4.31. The summed E-state index contributed by atoms with van der Waals surface area (Å²) in [6.07, 6.45) is -0.0555. The van der Waals surface area contributed by atoms with Crippen LogP contribution >= 0.6 is 22.9 Å². The van der Waals surface area contributed by atoms with Crippen LogP contribution in [0, 0.1) is 6.92 Å². The predicted octanol–water partition coefficient (Wildman–Crippen LogP) is 4.94. The molecule has 24 heavy (non-hydrogen) atoms. The minimum absolute atomic E-state index is 0.0555. The SMILES string of the molecule is Cc1ccc(C2CN(c3nc(-c4ccccc4Cl)cs3)CCO2)o1. The highest BCUT2D eigenvalue weighted by Gasteiger charge is 2.26. The standard InChI is InChI=1S/C18H17ClN2O2S/c1-12-6-7-16(23-12)17-10-21(8-9-22-17)18-20-15(11-24-18)13-4-2-3-5-14(13)19/h2-7,11,17H,8-10H2,1H3. The van der Waals surface area contributed by atoms with E-state index in [0.717, 1.165) is 46.0 Å². The van der Waals surface area contributed by atoms with E-state index < -0.39 is 0 Å². The molecule has 124 valence electrons. The first-order chi connectivity index (χ1) is 11.7. The van der Waals surface area contributed by atoms with Crippen LogP contribution in [0.1, 0.15) is 17.6 Å². The molecule has 1 aliphatic rings. The fraction of sp³-hybridized carbons (Fsp3) is 0.278. The van der Waals surface area contributed by atoms with Crippen LogP contribution in [0.3, 0.4) is 0 Å². The number of ether oxygens (including phenoxy) is 1. The van der Waals surface area contributed by atoms with Crippen LogP contribution in [0.25, 0.3) is 11.3 Å². The average Bonchev–Trinajstić information content (AvgIpc) is 3.25. The minimum atomic E-state index is -0.0555. The van der Waals surface area contributed by atoms with Crippen molar-refractivity contribution in [3.05, 3.63) is 58.3 Å². The number of rotatable bonds is 3. The third-order valence-electron chi connectivity index (χ3n) is 4.06. The highest BCUT2D eigenvalue weighted by molar-refractivity contribution is 7.14. The lowest BCUT2D eigenvalue weighted by Crippen LogP contribution is -2.38. The molecule has 0 radical (unpaired) electrons. The largest absolute Gasteiger partial charge is 0.464 e. The third-order valence-corrected chi connectivity index (χ3v) is 5.29. The van der Waals surface area contributed by atoms with Crippen LogP contribution < -0.4 is 4.90 Å². The van der Waals surface area contributed by atoms with Crippen LogP contribution in [0.4, 0.5) is 5.13 Å². The first-order valence-electron chi connectivity index (χ1n) is 7.84. The van der Waals surface area contributed by atoms with Crippen LogP contribution in [0.5, 0.6) is 0 Å². The molecule has 0 bridgehead atoms. The third kappa shape index (κ3) is 3.07. The zero-order valence-electron chi connectivity index (χ0n) is 13.2. The van der Waals surface area contributed by atoms with Gasteiger partial charge in [-0.1, -0.05) is 29.8 Å². The maximum Gasteiger partial charge on any atom is 0.186 e. The smallest absolute Gasteiger partial charge is 0.186 e. The molecular formula is C18H17ClN2O2S. The van der Waals surface area contributed by atoms with Gasteiger partial charge in [-0.05, 0) is 25.1 Å². The van der Waals surface area contributed by atoms with Gasteiger partial charge in [-0.25, -0.2) is 4.98 Å². The summed E-state index contributed by atoms with van der Waals surface area (Å²) in [6, 6.07) is 11.7. The Morgan fingerprint density at radius 3 is 2.92 bits per heavy atom. The zero-order valence-corrected chi connectivity index (χ0v) is 14.8. The van der Waals surface area contributed by atoms with Gasteiger partial charge in [-0.3, -0.25) is 0 Å². The molecule has 2 aromatic heterocycles. The van der Waals surface area contributed by atoms with Gasteiger partial charge in [0, 0.05) is 22.5 Å². The number of furan rings is 1. The number of nitrogens with zero attached hydrogens (tertiary/aromatic N) is 2. The van der Waals surface area contributed by atoms with E-state index in [1.165, 1.54) is 0 Å². The van der Waals surface area contributed by atoms with Crippen molar-refractivity contribution in [3.63, 3.8) is 0 Å². The number of thiazole rings is 1. The normalized spacial score (nSPS) is 18.1. The molecule has 0 spiro atoms. The first-order valence-corrected chi connectivity index (χ1v) is 9.10. The van der Waals surface area contributed by atoms with E-state index in [9.17, 15) is 0 Å². The molecule has 4 rings (SSSR count). The summed E-state index contributed by atoms with van der Waals surface area (Å²) in [5.74, 6) is 1.78. The number of hydrogen-bond donors (Lipinski definition) is 0. The second-order valence-electron chi connectivity index (χ2n) is 5.75. The summed E-state index contributed by atoms with van der Waals surface area (Å²) in [5.41, 5.74) is 1.88. The van der Waals surface area contributed by atoms with Crippen molar-refractivity contribution in [2.75, 3.05) is 24.6 Å². The predicted molar refractivity (Wildman–Crippen MR) is 96.9 cm³/mol. The van der Waals surface area contributed by atoms with Gasteiger partial charge in [-0.2, -0.15) is 0 Å². The Bertz CT molecular complexity index is 845. The average molecular weight is 361 g/mol. The van der Waals surface area contributed by atoms with E-state index in [-0.39, 0.29) is 6.10 Å². The summed E-state index contributed by atoms with van der Waals surface area (Å²) in [6.45, 7) is 4.17. The summed E-state index contributed by atoms with van der Waals surface area (Å²) in [7, 11) is 0. The number of hydrogen-bond acceptors (Lipinski definition) is 5. The lowest BCUT2D eigenvalue weighted by atomic mass is 10.2. The molecule has 0 amide bonds. The molecule has 1 aliphatic heterocycles. The second kappa shape index (κ2) is 6.59. The number of morpholine rings is 1. The molecule has 1 saturated heterocycles. The lowest BCUT2D eigenvalue weighted by Gasteiger charge is -2.31. The monoisotopic (exact) mass is 360 g/mol. The molecule has 0 aliphatic carbocycles. The Labute approximate surface area is 149 Å². The quantitative estimate of drug-likeness (QED) is 0.663. The Morgan fingerprint density at radius 1 is 1.25 bits per heavy atom. The molecule has 1 aromatic carbocycles. The summed E-state index contributed by atoms with van der Waals surface area (Å²) in [5, 5.41) is 3.76. The van der Waals surface area contributed by atoms with Gasteiger partial charge in [0.05, 0.1) is 18.8 Å². The lowest BCUT2D eigenvalue weighted by molar-refractivity contribution is 0.0253. The molecule has 4 nitrogen and oxygen atoms in total. The van der Waals surface area contributed by atoms with Crippen molar-refractivity contribution in [2.24, 2.45) is 0 Å². The van der Waals surface area contributed by atoms with Crippen molar-refractivity contribution in [2.45, 2.75) is 13.0 Å². The zero-order chi connectivity index (χ0) is 16.5. The molecule has 3 aromatic rings. The van der Waals surface area contributed by atoms with Crippen molar-refractivity contribution in [1.29, 1.82) is 0 Å². The molecule has 1 atom stereocenters. The van der Waals surface area contributed by atoms with Crippen molar-refractivity contribution >= 4 is 28.1 Å². The summed E-state index contributed by atoms with van der Waals surface area (Å²) in [4.78, 5) is 7.02. The van der Waals surface area contributed by atoms with Gasteiger partial charge in [0.15, 0.2) is 5.13 Å². The molecule has 0 N–H and O–H groups in total. The number of aromatic nitrogens is 1. The number of anilines is 1. The highest BCUT2D eigenvalue weighted by atomic mass is 35.5. The van der Waals surface area contributed by atoms with E-state index in [4.69, 9.17) is 25.7 Å². The van der Waals surface area contributed by atoms with E-state index in [1.807, 2.05) is 43.3 Å². The fourth-order valence-electron chi connectivity index (χ4n) is 2.82. The summed E-state index contributed by atoms with van der Waals surface area (Å²) < 4.78 is 11.6. The van der Waals surface area contributed by atoms with Gasteiger partial charge in [-0.15, -0.1) is 11.3 Å². The van der Waals surface area contributed by atoms with Crippen LogP contribution in [-0.2, 0) is 4.74 Å². The minimum Gasteiger partial charge on any atom is -0.464 e. The summed E-state index contributed by atoms with van der Waals surface area (Å²) >= 11 is 7.91. The Morgan fingerprint density at radius 2 is 2.12 bits per heavy atom. The van der Waals surface area contributed by atoms with Crippen molar-refractivity contribution in [1.82, 2.24) is 4.98 Å². The first kappa shape index (κ1) is 15.7. The highest BCUT2D eigenvalue weighted by Crippen LogP contribution is 2.34. The van der Waals surface area contributed by atoms with Gasteiger partial charge < -0.3 is 14.1 Å². The van der Waals surface area contributed by atoms with Crippen molar-refractivity contribution < 1.29 is 9.15 Å². The maximum atomic E-state index is 6.28. The molecular weight excluding hydrogens is 344 g/mol. The topological polar surface area (TPSA) is 38.5 Å². The Balaban J connectivity index is 1.55. The van der Waals surface area contributed by atoms with Crippen molar-refractivity contribution in [3.8, 4) is 11.3 Å². The van der Waals surface area contributed by atoms with Gasteiger partial charge >= 0.3 is 0 Å². The maximum absolute atomic E-state index is 6.28. The van der Waals surface area contributed by atoms with E-state index in [2.05, 4.69) is 10.3 Å². The second-order valence-corrected chi connectivity index (χ2v) is 6.99. The fourth-order valence-corrected chi connectivity index (χ4v) is 3.92. The van der Waals surface area contributed by atoms with Gasteiger partial charge in [0.2, 0.25) is 0 Å². The van der Waals surface area contributed by atoms with Gasteiger partial charge in [0.25, 0.3) is 0 Å². The molecule has 1 fully saturated rings. The molecule has 6 heteroatoms.